The number of aliphatic hydroxyl groups is 1. The number of hydrogen-bond acceptors (Lipinski definition) is 7. The first-order chi connectivity index (χ1) is 25.9. The van der Waals surface area contributed by atoms with Gasteiger partial charge in [-0.05, 0) is 52.3 Å². The van der Waals surface area contributed by atoms with Crippen LogP contribution in [0.15, 0.2) is 103 Å². The van der Waals surface area contributed by atoms with Crippen molar-refractivity contribution in [1.82, 2.24) is 15.1 Å². The molecule has 4 aromatic rings. The molecule has 9 heteroatoms. The van der Waals surface area contributed by atoms with Gasteiger partial charge in [-0.3, -0.25) is 19.4 Å². The number of hydrogen-bond donors (Lipinski definition) is 3. The van der Waals surface area contributed by atoms with Crippen LogP contribution < -0.4 is 5.32 Å². The maximum absolute atomic E-state index is 12.4. The maximum atomic E-state index is 12.4. The number of unbranched alkanes of at least 4 members (excludes halogenated alkanes) is 3. The third kappa shape index (κ3) is 11.8. The van der Waals surface area contributed by atoms with Crippen LogP contribution in [0.3, 0.4) is 0 Å². The third-order valence-electron chi connectivity index (χ3n) is 10.3. The Balaban J connectivity index is 1.05. The Morgan fingerprint density at radius 1 is 0.679 bits per heavy atom. The number of carboxylic acid groups (broad SMARTS) is 1. The summed E-state index contributed by atoms with van der Waals surface area (Å²) >= 11 is 0. The summed E-state index contributed by atoms with van der Waals surface area (Å²) in [5, 5.41) is 21.4. The van der Waals surface area contributed by atoms with Crippen molar-refractivity contribution < 1.29 is 29.3 Å². The molecule has 0 aliphatic carbocycles. The zero-order valence-corrected chi connectivity index (χ0v) is 30.6. The molecule has 2 saturated heterocycles. The van der Waals surface area contributed by atoms with E-state index in [4.69, 9.17) is 14.6 Å². The van der Waals surface area contributed by atoms with Crippen LogP contribution in [0.5, 0.6) is 0 Å². The number of nitrogens with one attached hydrogen (secondary N) is 1. The second kappa shape index (κ2) is 19.6. The minimum atomic E-state index is -0.770. The van der Waals surface area contributed by atoms with Crippen LogP contribution in [0, 0.1) is 0 Å². The summed E-state index contributed by atoms with van der Waals surface area (Å²) in [6.07, 6.45) is 3.84. The fourth-order valence-electron chi connectivity index (χ4n) is 7.19. The first-order valence-corrected chi connectivity index (χ1v) is 19.1. The molecule has 0 spiro atoms. The van der Waals surface area contributed by atoms with Gasteiger partial charge in [0.05, 0.1) is 18.8 Å². The molecule has 0 saturated carbocycles. The lowest BCUT2D eigenvalue weighted by molar-refractivity contribution is -0.253. The summed E-state index contributed by atoms with van der Waals surface area (Å²) in [5.41, 5.74) is 7.45. The summed E-state index contributed by atoms with van der Waals surface area (Å²) in [5.74, 6) is -0.759. The lowest BCUT2D eigenvalue weighted by Gasteiger charge is -2.40. The molecule has 0 bridgehead atoms. The van der Waals surface area contributed by atoms with E-state index in [1.54, 1.807) is 0 Å². The van der Waals surface area contributed by atoms with E-state index in [2.05, 4.69) is 94.0 Å². The molecule has 0 radical (unpaired) electrons. The molecule has 6 rings (SSSR count). The molecule has 4 aromatic carbocycles. The normalized spacial score (nSPS) is 19.5. The molecule has 3 unspecified atom stereocenters. The minimum Gasteiger partial charge on any atom is -0.481 e. The van der Waals surface area contributed by atoms with Gasteiger partial charge in [0.2, 0.25) is 5.91 Å². The van der Waals surface area contributed by atoms with Crippen LogP contribution in [-0.2, 0) is 38.8 Å². The second-order valence-corrected chi connectivity index (χ2v) is 14.3. The Morgan fingerprint density at radius 3 is 2.08 bits per heavy atom. The molecule has 2 aliphatic heterocycles. The summed E-state index contributed by atoms with van der Waals surface area (Å²) in [6, 6.07) is 35.3. The van der Waals surface area contributed by atoms with E-state index in [0.29, 0.717) is 19.4 Å². The van der Waals surface area contributed by atoms with Gasteiger partial charge in [0, 0.05) is 70.6 Å². The lowest BCUT2D eigenvalue weighted by Crippen LogP contribution is -2.49. The minimum absolute atomic E-state index is 0.000412. The fourth-order valence-corrected chi connectivity index (χ4v) is 7.19. The number of carbonyl (C=O) groups is 2. The van der Waals surface area contributed by atoms with Crippen molar-refractivity contribution in [2.45, 2.75) is 83.1 Å². The molecule has 53 heavy (non-hydrogen) atoms. The largest absolute Gasteiger partial charge is 0.481 e. The Bertz CT molecular complexity index is 1720. The molecule has 3 N–H and O–H groups in total. The van der Waals surface area contributed by atoms with E-state index >= 15 is 0 Å². The number of benzene rings is 4. The molecule has 3 atom stereocenters. The van der Waals surface area contributed by atoms with Gasteiger partial charge in [0.15, 0.2) is 6.29 Å². The van der Waals surface area contributed by atoms with E-state index in [1.807, 2.05) is 24.3 Å². The van der Waals surface area contributed by atoms with Crippen molar-refractivity contribution in [1.29, 1.82) is 0 Å². The number of aliphatic carboxylic acids is 1. The van der Waals surface area contributed by atoms with Gasteiger partial charge in [-0.25, -0.2) is 0 Å². The van der Waals surface area contributed by atoms with E-state index in [9.17, 15) is 14.7 Å². The molecule has 0 aromatic heterocycles. The van der Waals surface area contributed by atoms with Crippen molar-refractivity contribution >= 4 is 11.9 Å². The zero-order valence-electron chi connectivity index (χ0n) is 30.6. The Hall–Kier alpha value is -4.38. The van der Waals surface area contributed by atoms with Crippen LogP contribution in [0.1, 0.15) is 85.2 Å². The van der Waals surface area contributed by atoms with Gasteiger partial charge in [0.25, 0.3) is 0 Å². The number of aliphatic hydroxyl groups excluding tert-OH is 1. The van der Waals surface area contributed by atoms with Crippen LogP contribution in [0.2, 0.25) is 0 Å². The average Bonchev–Trinajstić information content (AvgIpc) is 3.19. The molecule has 9 nitrogen and oxygen atoms in total. The van der Waals surface area contributed by atoms with E-state index in [0.717, 1.165) is 98.3 Å². The standard InChI is InChI=1S/C44H53N3O6/c48-32-34-15-17-37(18-16-34)41-28-40(31-47-25-23-46(24-26-47)30-33-9-4-3-5-10-33)52-44(53-41)38-21-19-36(20-22-38)39-12-8-11-35(27-39)29-45-42(49)13-6-1-2-7-14-43(50)51/h3-5,8-12,15-22,27,40-41,44,48H,1-2,6-7,13-14,23-26,28-32H2,(H,45,49)(H,50,51). The van der Waals surface area contributed by atoms with Crippen molar-refractivity contribution in [3.05, 3.63) is 131 Å². The third-order valence-corrected chi connectivity index (χ3v) is 10.3. The van der Waals surface area contributed by atoms with Gasteiger partial charge < -0.3 is 25.0 Å². The topological polar surface area (TPSA) is 112 Å². The first kappa shape index (κ1) is 38.3. The summed E-state index contributed by atoms with van der Waals surface area (Å²) < 4.78 is 13.3. The molecule has 2 aliphatic rings. The van der Waals surface area contributed by atoms with Crippen molar-refractivity contribution in [3.63, 3.8) is 0 Å². The van der Waals surface area contributed by atoms with E-state index in [1.165, 1.54) is 5.56 Å². The second-order valence-electron chi connectivity index (χ2n) is 14.3. The highest BCUT2D eigenvalue weighted by Gasteiger charge is 2.34. The molecular formula is C44H53N3O6. The maximum Gasteiger partial charge on any atom is 0.303 e. The molecule has 2 fully saturated rings. The average molecular weight is 720 g/mol. The van der Waals surface area contributed by atoms with Crippen LogP contribution in [0.4, 0.5) is 0 Å². The molecule has 2 heterocycles. The fraction of sp³-hybridized carbons (Fsp3) is 0.409. The van der Waals surface area contributed by atoms with Crippen LogP contribution >= 0.6 is 0 Å². The predicted octanol–water partition coefficient (Wildman–Crippen LogP) is 7.25. The first-order valence-electron chi connectivity index (χ1n) is 19.1. The lowest BCUT2D eigenvalue weighted by atomic mass is 9.98. The Labute approximate surface area is 313 Å². The van der Waals surface area contributed by atoms with Crippen LogP contribution in [-0.4, -0.2) is 70.7 Å². The number of carboxylic acids is 1. The van der Waals surface area contributed by atoms with Gasteiger partial charge in [-0.15, -0.1) is 0 Å². The number of nitrogens with zero attached hydrogens (tertiary/aromatic N) is 2. The Morgan fingerprint density at radius 2 is 1.36 bits per heavy atom. The number of amides is 1. The number of ether oxygens (including phenoxy) is 2. The van der Waals surface area contributed by atoms with Crippen molar-refractivity contribution in [3.8, 4) is 11.1 Å². The van der Waals surface area contributed by atoms with Gasteiger partial charge in [-0.1, -0.05) is 110 Å². The SMILES string of the molecule is O=C(O)CCCCCCC(=O)NCc1cccc(-c2ccc(C3OC(CN4CCN(Cc5ccccc5)CC4)CC(c4ccc(CO)cc4)O3)cc2)c1. The summed E-state index contributed by atoms with van der Waals surface area (Å²) in [6.45, 7) is 6.35. The van der Waals surface area contributed by atoms with Crippen molar-refractivity contribution in [2.75, 3.05) is 32.7 Å². The van der Waals surface area contributed by atoms with E-state index in [-0.39, 0.29) is 31.1 Å². The molecule has 1 amide bonds. The van der Waals surface area contributed by atoms with Gasteiger partial charge in [-0.2, -0.15) is 0 Å². The number of rotatable bonds is 17. The molecule has 280 valence electrons. The highest BCUT2D eigenvalue weighted by Crippen LogP contribution is 2.39. The van der Waals surface area contributed by atoms with Crippen molar-refractivity contribution in [2.24, 2.45) is 0 Å². The number of piperazine rings is 1. The Kier molecular flexibility index (Phi) is 14.2. The van der Waals surface area contributed by atoms with Gasteiger partial charge >= 0.3 is 5.97 Å². The van der Waals surface area contributed by atoms with Crippen LogP contribution in [0.25, 0.3) is 11.1 Å². The smallest absolute Gasteiger partial charge is 0.303 e. The monoisotopic (exact) mass is 719 g/mol. The summed E-state index contributed by atoms with van der Waals surface area (Å²) in [4.78, 5) is 28.1. The quantitative estimate of drug-likeness (QED) is 0.0980. The van der Waals surface area contributed by atoms with Gasteiger partial charge in [0.1, 0.15) is 0 Å². The number of carbonyl (C=O) groups excluding carboxylic acids is 1. The van der Waals surface area contributed by atoms with E-state index < -0.39 is 12.3 Å². The zero-order chi connectivity index (χ0) is 36.8. The summed E-state index contributed by atoms with van der Waals surface area (Å²) in [7, 11) is 0. The highest BCUT2D eigenvalue weighted by atomic mass is 16.7. The molecular weight excluding hydrogens is 666 g/mol. The highest BCUT2D eigenvalue weighted by molar-refractivity contribution is 5.76. The predicted molar refractivity (Wildman–Crippen MR) is 206 cm³/mol.